The van der Waals surface area contributed by atoms with Gasteiger partial charge in [-0.15, -0.1) is 0 Å². The van der Waals surface area contributed by atoms with Gasteiger partial charge in [-0.05, 0) is 42.0 Å². The zero-order valence-electron chi connectivity index (χ0n) is 17.7. The number of amides is 1. The third-order valence-electron chi connectivity index (χ3n) is 5.01. The van der Waals surface area contributed by atoms with Crippen molar-refractivity contribution in [3.8, 4) is 6.07 Å². The lowest BCUT2D eigenvalue weighted by Crippen LogP contribution is -2.18. The van der Waals surface area contributed by atoms with E-state index < -0.39 is 40.9 Å². The van der Waals surface area contributed by atoms with Gasteiger partial charge in [0.2, 0.25) is 0 Å². The maximum Gasteiger partial charge on any atom is 0.437 e. The fraction of sp³-hybridized carbons (Fsp3) is 0.130. The van der Waals surface area contributed by atoms with Crippen LogP contribution in [0.2, 0.25) is 0 Å². The molecular formula is C23H12BrF6N5O. The van der Waals surface area contributed by atoms with Gasteiger partial charge in [-0.25, -0.2) is 4.98 Å². The number of pyridine rings is 1. The van der Waals surface area contributed by atoms with E-state index in [-0.39, 0.29) is 17.4 Å². The maximum atomic E-state index is 13.7. The summed E-state index contributed by atoms with van der Waals surface area (Å²) in [5.74, 6) is -1.20. The summed E-state index contributed by atoms with van der Waals surface area (Å²) in [6, 6.07) is 12.5. The zero-order valence-corrected chi connectivity index (χ0v) is 19.3. The number of aromatic nitrogens is 3. The van der Waals surface area contributed by atoms with Gasteiger partial charge in [-0.2, -0.15) is 36.7 Å². The van der Waals surface area contributed by atoms with Crippen molar-refractivity contribution in [1.82, 2.24) is 14.8 Å². The number of nitrogens with one attached hydrogen (secondary N) is 1. The molecule has 36 heavy (non-hydrogen) atoms. The van der Waals surface area contributed by atoms with E-state index in [1.54, 1.807) is 0 Å². The lowest BCUT2D eigenvalue weighted by atomic mass is 10.1. The molecule has 1 N–H and O–H groups in total. The van der Waals surface area contributed by atoms with Gasteiger partial charge in [0.05, 0.1) is 34.9 Å². The minimum absolute atomic E-state index is 0.00779. The number of fused-ring (bicyclic) bond motifs is 1. The molecule has 184 valence electrons. The van der Waals surface area contributed by atoms with E-state index >= 15 is 0 Å². The number of hydrogen-bond donors (Lipinski definition) is 1. The summed E-state index contributed by atoms with van der Waals surface area (Å²) in [5, 5.41) is 14.4. The van der Waals surface area contributed by atoms with Crippen LogP contribution in [-0.2, 0) is 18.9 Å². The van der Waals surface area contributed by atoms with Crippen molar-refractivity contribution in [3.05, 3.63) is 87.3 Å². The van der Waals surface area contributed by atoms with Crippen LogP contribution < -0.4 is 5.32 Å². The predicted octanol–water partition coefficient (Wildman–Crippen LogP) is 6.40. The highest BCUT2D eigenvalue weighted by molar-refractivity contribution is 9.10. The summed E-state index contributed by atoms with van der Waals surface area (Å²) in [4.78, 5) is 16.5. The molecule has 0 spiro atoms. The Morgan fingerprint density at radius 1 is 1.03 bits per heavy atom. The molecule has 0 saturated heterocycles. The van der Waals surface area contributed by atoms with Crippen LogP contribution in [0.3, 0.4) is 0 Å². The van der Waals surface area contributed by atoms with E-state index in [1.165, 1.54) is 42.5 Å². The number of hydrogen-bond acceptors (Lipinski definition) is 4. The number of halogens is 7. The van der Waals surface area contributed by atoms with Gasteiger partial charge >= 0.3 is 12.4 Å². The average Bonchev–Trinajstić information content (AvgIpc) is 3.20. The van der Waals surface area contributed by atoms with Crippen LogP contribution in [-0.4, -0.2) is 20.7 Å². The second kappa shape index (κ2) is 9.27. The Morgan fingerprint density at radius 2 is 1.72 bits per heavy atom. The summed E-state index contributed by atoms with van der Waals surface area (Å²) < 4.78 is 82.4. The van der Waals surface area contributed by atoms with Gasteiger partial charge in [0.25, 0.3) is 5.91 Å². The minimum atomic E-state index is -4.96. The highest BCUT2D eigenvalue weighted by Crippen LogP contribution is 2.35. The van der Waals surface area contributed by atoms with Gasteiger partial charge in [0, 0.05) is 16.1 Å². The monoisotopic (exact) mass is 567 g/mol. The molecule has 2 aromatic carbocycles. The van der Waals surface area contributed by atoms with E-state index in [0.29, 0.717) is 21.7 Å². The number of anilines is 1. The molecule has 0 aliphatic carbocycles. The summed E-state index contributed by atoms with van der Waals surface area (Å²) >= 11 is 3.16. The molecule has 0 aliphatic heterocycles. The first-order valence-corrected chi connectivity index (χ1v) is 10.8. The van der Waals surface area contributed by atoms with Crippen molar-refractivity contribution in [2.45, 2.75) is 18.9 Å². The standard InChI is InChI=1S/C23H12BrF6N5O/c24-14-5-6-17-15(7-14)16(8-19(32-17)22(25,26)27)21(36)33-18-11-35(34-20(18)23(28,29)30)10-13-3-1-12(9-31)2-4-13/h1-8,11H,10H2,(H,33,36). The Labute approximate surface area is 207 Å². The summed E-state index contributed by atoms with van der Waals surface area (Å²) in [7, 11) is 0. The van der Waals surface area contributed by atoms with Crippen LogP contribution >= 0.6 is 15.9 Å². The van der Waals surface area contributed by atoms with Crippen molar-refractivity contribution in [1.29, 1.82) is 5.26 Å². The average molecular weight is 568 g/mol. The molecule has 6 nitrogen and oxygen atoms in total. The summed E-state index contributed by atoms with van der Waals surface area (Å²) in [5.41, 5.74) is -3.29. The van der Waals surface area contributed by atoms with E-state index in [0.717, 1.165) is 10.9 Å². The molecule has 2 heterocycles. The van der Waals surface area contributed by atoms with Gasteiger partial charge in [0.1, 0.15) is 5.69 Å². The summed E-state index contributed by atoms with van der Waals surface area (Å²) in [6.45, 7) is -0.117. The van der Waals surface area contributed by atoms with Crippen molar-refractivity contribution >= 4 is 38.4 Å². The van der Waals surface area contributed by atoms with Gasteiger partial charge in [-0.3, -0.25) is 9.48 Å². The lowest BCUT2D eigenvalue weighted by Gasteiger charge is -2.13. The quantitative estimate of drug-likeness (QED) is 0.289. The van der Waals surface area contributed by atoms with E-state index in [9.17, 15) is 31.1 Å². The molecule has 2 aromatic heterocycles. The first kappa shape index (κ1) is 25.2. The van der Waals surface area contributed by atoms with E-state index in [2.05, 4.69) is 31.3 Å². The number of alkyl halides is 6. The van der Waals surface area contributed by atoms with Gasteiger partial charge in [0.15, 0.2) is 5.69 Å². The molecule has 0 fully saturated rings. The Hall–Kier alpha value is -3.92. The Kier molecular flexibility index (Phi) is 6.48. The normalized spacial score (nSPS) is 11.9. The third kappa shape index (κ3) is 5.33. The number of nitriles is 1. The molecule has 0 saturated carbocycles. The smallest absolute Gasteiger partial charge is 0.319 e. The highest BCUT2D eigenvalue weighted by Gasteiger charge is 2.38. The number of nitrogens with zero attached hydrogens (tertiary/aromatic N) is 4. The molecule has 0 aliphatic rings. The topological polar surface area (TPSA) is 83.6 Å². The van der Waals surface area contributed by atoms with Gasteiger partial charge in [-0.1, -0.05) is 28.1 Å². The molecule has 13 heteroatoms. The van der Waals surface area contributed by atoms with E-state index in [1.807, 2.05) is 6.07 Å². The molecule has 4 aromatic rings. The largest absolute Gasteiger partial charge is 0.437 e. The zero-order chi connectivity index (χ0) is 26.3. The number of carbonyl (C=O) groups excluding carboxylic acids is 1. The molecule has 0 unspecified atom stereocenters. The number of benzene rings is 2. The van der Waals surface area contributed by atoms with Crippen LogP contribution in [0.1, 0.15) is 32.9 Å². The molecule has 0 bridgehead atoms. The fourth-order valence-corrected chi connectivity index (χ4v) is 3.76. The van der Waals surface area contributed by atoms with E-state index in [4.69, 9.17) is 5.26 Å². The van der Waals surface area contributed by atoms with Crippen LogP contribution in [0.5, 0.6) is 0 Å². The first-order chi connectivity index (χ1) is 16.8. The predicted molar refractivity (Wildman–Crippen MR) is 120 cm³/mol. The molecule has 1 amide bonds. The van der Waals surface area contributed by atoms with Crippen molar-refractivity contribution in [2.75, 3.05) is 5.32 Å². The number of carbonyl (C=O) groups is 1. The second-order valence-corrected chi connectivity index (χ2v) is 8.48. The SMILES string of the molecule is N#Cc1ccc(Cn2cc(NC(=O)c3cc(C(F)(F)F)nc4ccc(Br)cc34)c(C(F)(F)F)n2)cc1. The Bertz CT molecular complexity index is 1500. The third-order valence-corrected chi connectivity index (χ3v) is 5.51. The summed E-state index contributed by atoms with van der Waals surface area (Å²) in [6.07, 6.45) is -8.92. The van der Waals surface area contributed by atoms with Crippen LogP contribution in [0.25, 0.3) is 10.9 Å². The highest BCUT2D eigenvalue weighted by atomic mass is 79.9. The molecule has 4 rings (SSSR count). The Morgan fingerprint density at radius 3 is 2.33 bits per heavy atom. The van der Waals surface area contributed by atoms with Crippen LogP contribution in [0, 0.1) is 11.3 Å². The van der Waals surface area contributed by atoms with Crippen molar-refractivity contribution < 1.29 is 31.1 Å². The fourth-order valence-electron chi connectivity index (χ4n) is 3.40. The van der Waals surface area contributed by atoms with Crippen LogP contribution in [0.4, 0.5) is 32.0 Å². The molecule has 0 atom stereocenters. The first-order valence-electron chi connectivity index (χ1n) is 9.97. The minimum Gasteiger partial charge on any atom is -0.319 e. The Balaban J connectivity index is 1.73. The van der Waals surface area contributed by atoms with Gasteiger partial charge < -0.3 is 5.32 Å². The molecule has 0 radical (unpaired) electrons. The van der Waals surface area contributed by atoms with Crippen molar-refractivity contribution in [2.24, 2.45) is 0 Å². The molecular weight excluding hydrogens is 556 g/mol. The van der Waals surface area contributed by atoms with Crippen molar-refractivity contribution in [3.63, 3.8) is 0 Å². The second-order valence-electron chi connectivity index (χ2n) is 7.56. The number of rotatable bonds is 4. The van der Waals surface area contributed by atoms with Crippen LogP contribution in [0.15, 0.2) is 59.2 Å². The maximum absolute atomic E-state index is 13.7. The lowest BCUT2D eigenvalue weighted by molar-refractivity contribution is -0.141.